The lowest BCUT2D eigenvalue weighted by Crippen LogP contribution is -2.52. The third-order valence-electron chi connectivity index (χ3n) is 2.65. The Kier molecular flexibility index (Phi) is 2.70. The Bertz CT molecular complexity index is 443. The lowest BCUT2D eigenvalue weighted by atomic mass is 10.0. The molecule has 16 heavy (non-hydrogen) atoms. The monoisotopic (exact) mass is 283 g/mol. The zero-order valence-corrected chi connectivity index (χ0v) is 11.2. The first-order valence-corrected chi connectivity index (χ1v) is 6.05. The summed E-state index contributed by atoms with van der Waals surface area (Å²) >= 11 is 3.40. The van der Waals surface area contributed by atoms with Crippen molar-refractivity contribution in [3.63, 3.8) is 0 Å². The van der Waals surface area contributed by atoms with Crippen molar-refractivity contribution >= 4 is 27.5 Å². The molecule has 1 aromatic rings. The number of nitrogens with zero attached hydrogens (tertiary/aromatic N) is 1. The molecule has 3 nitrogen and oxygen atoms in total. The number of likely N-dealkylation sites (N-methyl/N-ethyl adjacent to an activating group) is 1. The van der Waals surface area contributed by atoms with E-state index >= 15 is 0 Å². The van der Waals surface area contributed by atoms with Crippen LogP contribution in [0.15, 0.2) is 22.7 Å². The molecule has 0 saturated carbocycles. The fraction of sp³-hybridized carbons (Fsp3) is 0.417. The molecule has 2 rings (SSSR count). The number of hydrogen-bond donors (Lipinski definition) is 0. The minimum atomic E-state index is -0.788. The van der Waals surface area contributed by atoms with Crippen LogP contribution in [0.3, 0.4) is 0 Å². The highest BCUT2D eigenvalue weighted by Gasteiger charge is 2.40. The van der Waals surface area contributed by atoms with Gasteiger partial charge in [-0.1, -0.05) is 15.9 Å². The summed E-state index contributed by atoms with van der Waals surface area (Å²) in [7, 11) is 0. The Labute approximate surface area is 104 Å². The summed E-state index contributed by atoms with van der Waals surface area (Å²) in [4.78, 5) is 13.9. The van der Waals surface area contributed by atoms with Crippen LogP contribution in [0.25, 0.3) is 0 Å². The van der Waals surface area contributed by atoms with Crippen LogP contribution < -0.4 is 9.64 Å². The smallest absolute Gasteiger partial charge is 0.270 e. The highest BCUT2D eigenvalue weighted by Crippen LogP contribution is 2.39. The largest absolute Gasteiger partial charge is 0.476 e. The molecule has 1 aliphatic rings. The van der Waals surface area contributed by atoms with Crippen molar-refractivity contribution in [1.29, 1.82) is 0 Å². The first-order chi connectivity index (χ1) is 7.45. The Balaban J connectivity index is 2.55. The molecule has 0 spiro atoms. The number of benzene rings is 1. The van der Waals surface area contributed by atoms with E-state index in [1.54, 1.807) is 18.7 Å². The zero-order valence-electron chi connectivity index (χ0n) is 9.58. The van der Waals surface area contributed by atoms with Gasteiger partial charge in [0.15, 0.2) is 5.60 Å². The van der Waals surface area contributed by atoms with Crippen LogP contribution in [0.4, 0.5) is 5.69 Å². The van der Waals surface area contributed by atoms with Crippen molar-refractivity contribution in [3.05, 3.63) is 22.7 Å². The first-order valence-electron chi connectivity index (χ1n) is 5.26. The molecule has 0 N–H and O–H groups in total. The van der Waals surface area contributed by atoms with E-state index in [0.29, 0.717) is 6.54 Å². The molecule has 0 radical (unpaired) electrons. The number of carbonyl (C=O) groups excluding carboxylic acids is 1. The highest BCUT2D eigenvalue weighted by molar-refractivity contribution is 9.10. The van der Waals surface area contributed by atoms with Gasteiger partial charge >= 0.3 is 0 Å². The summed E-state index contributed by atoms with van der Waals surface area (Å²) in [5.74, 6) is 0.755. The molecule has 0 bridgehead atoms. The maximum absolute atomic E-state index is 12.1. The van der Waals surface area contributed by atoms with Crippen molar-refractivity contribution in [1.82, 2.24) is 0 Å². The maximum Gasteiger partial charge on any atom is 0.270 e. The lowest BCUT2D eigenvalue weighted by molar-refractivity contribution is -0.132. The normalized spacial score (nSPS) is 18.0. The van der Waals surface area contributed by atoms with Gasteiger partial charge in [0.2, 0.25) is 0 Å². The Hall–Kier alpha value is -1.03. The van der Waals surface area contributed by atoms with Crippen molar-refractivity contribution in [2.45, 2.75) is 26.4 Å². The average molecular weight is 284 g/mol. The van der Waals surface area contributed by atoms with E-state index in [4.69, 9.17) is 4.74 Å². The molecule has 0 fully saturated rings. The third kappa shape index (κ3) is 1.71. The van der Waals surface area contributed by atoms with Crippen LogP contribution in [0.2, 0.25) is 0 Å². The van der Waals surface area contributed by atoms with E-state index in [0.717, 1.165) is 15.9 Å². The van der Waals surface area contributed by atoms with E-state index in [-0.39, 0.29) is 5.91 Å². The van der Waals surface area contributed by atoms with Gasteiger partial charge in [-0.3, -0.25) is 4.79 Å². The second kappa shape index (κ2) is 3.77. The van der Waals surface area contributed by atoms with Crippen LogP contribution in [-0.4, -0.2) is 18.1 Å². The summed E-state index contributed by atoms with van der Waals surface area (Å²) in [6.07, 6.45) is 0. The molecule has 0 saturated heterocycles. The van der Waals surface area contributed by atoms with Crippen molar-refractivity contribution in [2.75, 3.05) is 11.4 Å². The van der Waals surface area contributed by atoms with Gasteiger partial charge in [-0.2, -0.15) is 0 Å². The van der Waals surface area contributed by atoms with Gasteiger partial charge in [0.25, 0.3) is 5.91 Å². The quantitative estimate of drug-likeness (QED) is 0.793. The molecule has 0 aliphatic carbocycles. The van der Waals surface area contributed by atoms with Crippen LogP contribution in [0.1, 0.15) is 20.8 Å². The fourth-order valence-electron chi connectivity index (χ4n) is 1.86. The molecule has 1 amide bonds. The second-order valence-corrected chi connectivity index (χ2v) is 5.19. The van der Waals surface area contributed by atoms with Gasteiger partial charge in [-0.05, 0) is 39.0 Å². The van der Waals surface area contributed by atoms with Crippen molar-refractivity contribution in [3.8, 4) is 5.75 Å². The van der Waals surface area contributed by atoms with Crippen LogP contribution >= 0.6 is 15.9 Å². The standard InChI is InChI=1S/C12H14BrNO2/c1-4-14-9-6-5-8(13)7-10(9)16-12(2,3)11(14)15/h5-7H,4H2,1-3H3. The number of ether oxygens (including phenoxy) is 1. The lowest BCUT2D eigenvalue weighted by Gasteiger charge is -2.38. The molecular formula is C12H14BrNO2. The summed E-state index contributed by atoms with van der Waals surface area (Å²) in [6.45, 7) is 6.20. The molecule has 0 aromatic heterocycles. The van der Waals surface area contributed by atoms with Crippen molar-refractivity contribution in [2.24, 2.45) is 0 Å². The summed E-state index contributed by atoms with van der Waals surface area (Å²) in [5.41, 5.74) is 0.0547. The number of hydrogen-bond acceptors (Lipinski definition) is 2. The predicted octanol–water partition coefficient (Wildman–Crippen LogP) is 2.97. The van der Waals surface area contributed by atoms with E-state index in [1.807, 2.05) is 25.1 Å². The summed E-state index contributed by atoms with van der Waals surface area (Å²) in [6, 6.07) is 5.71. The van der Waals surface area contributed by atoms with Crippen molar-refractivity contribution < 1.29 is 9.53 Å². The number of amides is 1. The van der Waals surface area contributed by atoms with Gasteiger partial charge in [0, 0.05) is 11.0 Å². The van der Waals surface area contributed by atoms with Gasteiger partial charge < -0.3 is 9.64 Å². The number of fused-ring (bicyclic) bond motifs is 1. The second-order valence-electron chi connectivity index (χ2n) is 4.27. The molecular weight excluding hydrogens is 270 g/mol. The Morgan fingerprint density at radius 3 is 2.75 bits per heavy atom. The summed E-state index contributed by atoms with van der Waals surface area (Å²) in [5, 5.41) is 0. The van der Waals surface area contributed by atoms with Gasteiger partial charge in [-0.15, -0.1) is 0 Å². The van der Waals surface area contributed by atoms with Crippen LogP contribution in [0, 0.1) is 0 Å². The van der Waals surface area contributed by atoms with E-state index in [9.17, 15) is 4.79 Å². The molecule has 86 valence electrons. The van der Waals surface area contributed by atoms with E-state index in [1.165, 1.54) is 0 Å². The number of carbonyl (C=O) groups is 1. The van der Waals surface area contributed by atoms with Crippen LogP contribution in [-0.2, 0) is 4.79 Å². The fourth-order valence-corrected chi connectivity index (χ4v) is 2.20. The average Bonchev–Trinajstić information content (AvgIpc) is 2.20. The SMILES string of the molecule is CCN1C(=O)C(C)(C)Oc2cc(Br)ccc21. The minimum Gasteiger partial charge on any atom is -0.476 e. The van der Waals surface area contributed by atoms with E-state index < -0.39 is 5.60 Å². The summed E-state index contributed by atoms with van der Waals surface area (Å²) < 4.78 is 6.67. The first kappa shape index (κ1) is 11.5. The number of anilines is 1. The van der Waals surface area contributed by atoms with Gasteiger partial charge in [0.1, 0.15) is 5.75 Å². The molecule has 1 aliphatic heterocycles. The van der Waals surface area contributed by atoms with Gasteiger partial charge in [0.05, 0.1) is 5.69 Å². The molecule has 0 unspecified atom stereocenters. The van der Waals surface area contributed by atoms with Crippen LogP contribution in [0.5, 0.6) is 5.75 Å². The topological polar surface area (TPSA) is 29.5 Å². The number of halogens is 1. The molecule has 0 atom stereocenters. The van der Waals surface area contributed by atoms with Gasteiger partial charge in [-0.25, -0.2) is 0 Å². The highest BCUT2D eigenvalue weighted by atomic mass is 79.9. The van der Waals surface area contributed by atoms with E-state index in [2.05, 4.69) is 15.9 Å². The molecule has 1 aromatic carbocycles. The molecule has 4 heteroatoms. The maximum atomic E-state index is 12.1. The third-order valence-corrected chi connectivity index (χ3v) is 3.15. The Morgan fingerprint density at radius 2 is 2.12 bits per heavy atom. The minimum absolute atomic E-state index is 0.00447. The number of rotatable bonds is 1. The molecule has 1 heterocycles. The predicted molar refractivity (Wildman–Crippen MR) is 66.9 cm³/mol. The zero-order chi connectivity index (χ0) is 11.9. The Morgan fingerprint density at radius 1 is 1.44 bits per heavy atom.